The van der Waals surface area contributed by atoms with Crippen LogP contribution < -0.4 is 5.73 Å². The maximum atomic E-state index is 13.5. The van der Waals surface area contributed by atoms with E-state index in [1.807, 2.05) is 25.1 Å². The average molecular weight is 491 g/mol. The highest BCUT2D eigenvalue weighted by Crippen LogP contribution is 2.34. The molecule has 5 heteroatoms. The van der Waals surface area contributed by atoms with Crippen molar-refractivity contribution in [1.82, 2.24) is 4.90 Å². The van der Waals surface area contributed by atoms with Crippen LogP contribution in [0.4, 0.5) is 8.78 Å². The minimum absolute atomic E-state index is 0.0712. The van der Waals surface area contributed by atoms with Gasteiger partial charge >= 0.3 is 0 Å². The highest BCUT2D eigenvalue weighted by molar-refractivity contribution is 5.78. The molecule has 3 nitrogen and oxygen atoms in total. The molecule has 2 aromatic carbocycles. The minimum Gasteiger partial charge on any atom is -0.372 e. The number of hydrogen-bond donors (Lipinski definition) is 1. The SMILES string of the molecule is C#CC/C=C\C(=C/C)c1cc(C(=C)N2CCC(c3ccc(C(C)(F)F)cc3)CC2)ccc1C.NC=O. The molecule has 2 aromatic rings. The monoisotopic (exact) mass is 490 g/mol. The van der Waals surface area contributed by atoms with Gasteiger partial charge in [-0.25, -0.2) is 8.78 Å². The minimum atomic E-state index is -2.80. The fraction of sp³-hybridized carbons (Fsp3) is 0.323. The Kier molecular flexibility index (Phi) is 10.7. The van der Waals surface area contributed by atoms with E-state index >= 15 is 0 Å². The van der Waals surface area contributed by atoms with Crippen LogP contribution in [0.25, 0.3) is 11.3 Å². The van der Waals surface area contributed by atoms with E-state index in [1.165, 1.54) is 11.1 Å². The Balaban J connectivity index is 0.00000145. The lowest BCUT2D eigenvalue weighted by Gasteiger charge is -2.35. The normalized spacial score (nSPS) is 14.7. The van der Waals surface area contributed by atoms with E-state index in [2.05, 4.69) is 60.4 Å². The molecule has 190 valence electrons. The summed E-state index contributed by atoms with van der Waals surface area (Å²) in [6.45, 7) is 11.3. The molecule has 3 rings (SSSR count). The Morgan fingerprint density at radius 2 is 1.83 bits per heavy atom. The summed E-state index contributed by atoms with van der Waals surface area (Å²) in [4.78, 5) is 10.9. The number of piperidine rings is 1. The fourth-order valence-electron chi connectivity index (χ4n) is 4.42. The van der Waals surface area contributed by atoms with Crippen LogP contribution in [0, 0.1) is 19.3 Å². The van der Waals surface area contributed by atoms with E-state index in [9.17, 15) is 8.78 Å². The molecule has 1 amide bonds. The lowest BCUT2D eigenvalue weighted by Crippen LogP contribution is -2.31. The maximum Gasteiger partial charge on any atom is 0.270 e. The molecule has 0 atom stereocenters. The number of alkyl halides is 2. The van der Waals surface area contributed by atoms with Gasteiger partial charge in [-0.2, -0.15) is 0 Å². The van der Waals surface area contributed by atoms with E-state index in [-0.39, 0.29) is 12.0 Å². The Labute approximate surface area is 214 Å². The number of halogens is 2. The molecule has 2 N–H and O–H groups in total. The van der Waals surface area contributed by atoms with Crippen molar-refractivity contribution in [3.8, 4) is 12.3 Å². The van der Waals surface area contributed by atoms with Crippen molar-refractivity contribution in [3.63, 3.8) is 0 Å². The Hall–Kier alpha value is -3.65. The first-order valence-corrected chi connectivity index (χ1v) is 12.1. The van der Waals surface area contributed by atoms with Gasteiger partial charge in [-0.3, -0.25) is 4.79 Å². The molecule has 0 aromatic heterocycles. The van der Waals surface area contributed by atoms with E-state index in [1.54, 1.807) is 12.1 Å². The van der Waals surface area contributed by atoms with Crippen molar-refractivity contribution < 1.29 is 13.6 Å². The van der Waals surface area contributed by atoms with E-state index < -0.39 is 5.92 Å². The quantitative estimate of drug-likeness (QED) is 0.257. The zero-order valence-electron chi connectivity index (χ0n) is 21.4. The summed E-state index contributed by atoms with van der Waals surface area (Å²) in [5.41, 5.74) is 11.1. The summed E-state index contributed by atoms with van der Waals surface area (Å²) < 4.78 is 27.0. The second-order valence-electron chi connectivity index (χ2n) is 8.94. The average Bonchev–Trinajstić information content (AvgIpc) is 2.87. The molecule has 0 saturated carbocycles. The number of hydrogen-bond acceptors (Lipinski definition) is 2. The van der Waals surface area contributed by atoms with E-state index in [0.717, 1.165) is 55.3 Å². The number of nitrogens with two attached hydrogens (primary N) is 1. The highest BCUT2D eigenvalue weighted by atomic mass is 19.3. The van der Waals surface area contributed by atoms with Gasteiger partial charge in [-0.05, 0) is 66.5 Å². The largest absolute Gasteiger partial charge is 0.372 e. The van der Waals surface area contributed by atoms with Crippen LogP contribution in [0.2, 0.25) is 0 Å². The standard InChI is InChI=1S/C30H33F2N.CH3NO/c1-6-8-9-10-24(7-2)29-21-27(12-11-22(29)3)23(4)33-19-17-26(18-20-33)25-13-15-28(16-14-25)30(5,31)32;2-1-3/h1,7,9-16,21,26H,4,8,17-20H2,2-3,5H3;1H,(H2,2,3)/b10-9-,24-7+;. The third-order valence-electron chi connectivity index (χ3n) is 6.49. The van der Waals surface area contributed by atoms with Gasteiger partial charge in [0.2, 0.25) is 6.41 Å². The molecule has 1 saturated heterocycles. The van der Waals surface area contributed by atoms with Gasteiger partial charge in [0.25, 0.3) is 5.92 Å². The van der Waals surface area contributed by atoms with E-state index in [0.29, 0.717) is 12.3 Å². The summed E-state index contributed by atoms with van der Waals surface area (Å²) in [5.74, 6) is 0.234. The molecule has 0 unspecified atom stereocenters. The van der Waals surface area contributed by atoms with Gasteiger partial charge < -0.3 is 10.6 Å². The lowest BCUT2D eigenvalue weighted by atomic mass is 9.88. The summed E-state index contributed by atoms with van der Waals surface area (Å²) in [6, 6.07) is 13.3. The van der Waals surface area contributed by atoms with Crippen LogP contribution in [0.3, 0.4) is 0 Å². The first-order chi connectivity index (χ1) is 17.2. The third kappa shape index (κ3) is 7.68. The molecular weight excluding hydrogens is 454 g/mol. The number of aryl methyl sites for hydroxylation is 1. The Morgan fingerprint density at radius 3 is 2.36 bits per heavy atom. The van der Waals surface area contributed by atoms with Crippen molar-refractivity contribution in [2.75, 3.05) is 13.1 Å². The van der Waals surface area contributed by atoms with Crippen LogP contribution >= 0.6 is 0 Å². The smallest absolute Gasteiger partial charge is 0.270 e. The number of carbonyl (C=O) groups is 1. The topological polar surface area (TPSA) is 46.3 Å². The zero-order chi connectivity index (χ0) is 26.7. The second-order valence-corrected chi connectivity index (χ2v) is 8.94. The molecule has 1 aliphatic rings. The molecule has 0 aliphatic carbocycles. The maximum absolute atomic E-state index is 13.5. The Bertz CT molecular complexity index is 1130. The second kappa shape index (κ2) is 13.4. The van der Waals surface area contributed by atoms with Gasteiger partial charge in [-0.15, -0.1) is 12.3 Å². The molecule has 1 aliphatic heterocycles. The van der Waals surface area contributed by atoms with Crippen molar-refractivity contribution in [2.24, 2.45) is 5.73 Å². The number of rotatable bonds is 7. The number of primary amides is 1. The van der Waals surface area contributed by atoms with Crippen molar-refractivity contribution in [1.29, 1.82) is 0 Å². The van der Waals surface area contributed by atoms with Crippen molar-refractivity contribution in [3.05, 3.63) is 95.1 Å². The predicted octanol–water partition coefficient (Wildman–Crippen LogP) is 7.04. The molecule has 36 heavy (non-hydrogen) atoms. The predicted molar refractivity (Wildman–Crippen MR) is 146 cm³/mol. The van der Waals surface area contributed by atoms with Crippen molar-refractivity contribution >= 4 is 17.7 Å². The number of amides is 1. The number of allylic oxidation sites excluding steroid dienone is 4. The summed E-state index contributed by atoms with van der Waals surface area (Å²) >= 11 is 0. The highest BCUT2D eigenvalue weighted by Gasteiger charge is 2.26. The molecule has 1 fully saturated rings. The van der Waals surface area contributed by atoms with Crippen LogP contribution in [-0.4, -0.2) is 24.4 Å². The van der Waals surface area contributed by atoms with Gasteiger partial charge in [0.15, 0.2) is 0 Å². The zero-order valence-corrected chi connectivity index (χ0v) is 21.4. The fourth-order valence-corrected chi connectivity index (χ4v) is 4.42. The number of likely N-dealkylation sites (tertiary alicyclic amines) is 1. The number of carbonyl (C=O) groups excluding carboxylic acids is 1. The first kappa shape index (κ1) is 28.6. The number of terminal acetylenes is 1. The molecule has 0 radical (unpaired) electrons. The summed E-state index contributed by atoms with van der Waals surface area (Å²) in [5, 5.41) is 0. The first-order valence-electron chi connectivity index (χ1n) is 12.1. The van der Waals surface area contributed by atoms with Gasteiger partial charge in [0.1, 0.15) is 0 Å². The van der Waals surface area contributed by atoms with Crippen LogP contribution in [0.1, 0.15) is 66.8 Å². The van der Waals surface area contributed by atoms with E-state index in [4.69, 9.17) is 11.2 Å². The van der Waals surface area contributed by atoms with Gasteiger partial charge in [0, 0.05) is 37.7 Å². The molecule has 1 heterocycles. The van der Waals surface area contributed by atoms with Crippen LogP contribution in [-0.2, 0) is 10.7 Å². The molecule has 0 bridgehead atoms. The van der Waals surface area contributed by atoms with Gasteiger partial charge in [0.05, 0.1) is 0 Å². The van der Waals surface area contributed by atoms with Gasteiger partial charge in [-0.1, -0.05) is 61.2 Å². The van der Waals surface area contributed by atoms with Crippen LogP contribution in [0.15, 0.2) is 67.3 Å². The summed E-state index contributed by atoms with van der Waals surface area (Å²) in [7, 11) is 0. The summed E-state index contributed by atoms with van der Waals surface area (Å²) in [6.07, 6.45) is 14.4. The van der Waals surface area contributed by atoms with Crippen molar-refractivity contribution in [2.45, 2.75) is 51.9 Å². The third-order valence-corrected chi connectivity index (χ3v) is 6.49. The number of nitrogens with zero attached hydrogens (tertiary/aromatic N) is 1. The molecular formula is C31H36F2N2O. The number of benzene rings is 2. The Morgan fingerprint density at radius 1 is 1.22 bits per heavy atom. The lowest BCUT2D eigenvalue weighted by molar-refractivity contribution is -0.106. The van der Waals surface area contributed by atoms with Crippen LogP contribution in [0.5, 0.6) is 0 Å². The molecule has 0 spiro atoms.